The van der Waals surface area contributed by atoms with Gasteiger partial charge in [-0.25, -0.2) is 0 Å². The highest BCUT2D eigenvalue weighted by Gasteiger charge is 2.30. The third-order valence-corrected chi connectivity index (χ3v) is 6.66. The van der Waals surface area contributed by atoms with Crippen LogP contribution in [0.15, 0.2) is 72.8 Å². The molecular formula is C28H29Cl3N2O2. The fourth-order valence-corrected chi connectivity index (χ4v) is 4.35. The Bertz CT molecular complexity index is 1140. The Hall–Kier alpha value is -2.53. The number of carbonyl (C=O) groups excluding carboxylic acids is 2. The van der Waals surface area contributed by atoms with Crippen LogP contribution >= 0.6 is 34.8 Å². The normalized spacial score (nSPS) is 11.7. The highest BCUT2D eigenvalue weighted by molar-refractivity contribution is 6.42. The van der Waals surface area contributed by atoms with E-state index in [1.807, 2.05) is 48.5 Å². The highest BCUT2D eigenvalue weighted by Crippen LogP contribution is 2.24. The third kappa shape index (κ3) is 8.28. The van der Waals surface area contributed by atoms with Gasteiger partial charge in [-0.05, 0) is 47.4 Å². The molecule has 0 aliphatic carbocycles. The Labute approximate surface area is 222 Å². The first-order valence-electron chi connectivity index (χ1n) is 11.7. The Morgan fingerprint density at radius 1 is 0.857 bits per heavy atom. The fourth-order valence-electron chi connectivity index (χ4n) is 3.82. The average Bonchev–Trinajstić information content (AvgIpc) is 2.84. The van der Waals surface area contributed by atoms with Crippen molar-refractivity contribution in [1.82, 2.24) is 10.2 Å². The molecule has 0 spiro atoms. The molecular weight excluding hydrogens is 503 g/mol. The molecule has 35 heavy (non-hydrogen) atoms. The number of halogens is 3. The molecule has 0 aromatic heterocycles. The number of carbonyl (C=O) groups is 2. The number of hydrogen-bond acceptors (Lipinski definition) is 2. The van der Waals surface area contributed by atoms with Crippen molar-refractivity contribution in [2.45, 2.75) is 45.2 Å². The molecule has 0 radical (unpaired) electrons. The van der Waals surface area contributed by atoms with Crippen molar-refractivity contribution in [3.8, 4) is 0 Å². The smallest absolute Gasteiger partial charge is 0.243 e. The van der Waals surface area contributed by atoms with E-state index in [0.29, 0.717) is 28.0 Å². The van der Waals surface area contributed by atoms with Gasteiger partial charge < -0.3 is 10.2 Å². The zero-order valence-corrected chi connectivity index (χ0v) is 21.9. The number of amides is 2. The lowest BCUT2D eigenvalue weighted by Crippen LogP contribution is -2.51. The summed E-state index contributed by atoms with van der Waals surface area (Å²) in [5, 5.41) is 4.41. The molecule has 3 aromatic rings. The second-order valence-corrected chi connectivity index (χ2v) is 9.68. The summed E-state index contributed by atoms with van der Waals surface area (Å²) in [7, 11) is 0. The predicted octanol–water partition coefficient (Wildman–Crippen LogP) is 6.75. The number of hydrogen-bond donors (Lipinski definition) is 1. The van der Waals surface area contributed by atoms with E-state index in [1.54, 1.807) is 29.2 Å². The second kappa shape index (κ2) is 13.5. The standard InChI is InChI=1S/C28H29Cl3N2O2/c1-2-3-14-32-28(35)26(17-20-8-5-4-6-9-20)33(19-22-10-7-11-23(29)15-22)27(34)18-21-12-13-24(30)25(31)16-21/h4-13,15-16,26H,2-3,14,17-19H2,1H3,(H,32,35)/t26-/m1/s1. The maximum absolute atomic E-state index is 13.7. The summed E-state index contributed by atoms with van der Waals surface area (Å²) in [6.45, 7) is 2.88. The minimum atomic E-state index is -0.691. The van der Waals surface area contributed by atoms with Crippen molar-refractivity contribution >= 4 is 46.6 Å². The van der Waals surface area contributed by atoms with Gasteiger partial charge in [0.15, 0.2) is 0 Å². The van der Waals surface area contributed by atoms with Crippen molar-refractivity contribution < 1.29 is 9.59 Å². The van der Waals surface area contributed by atoms with Crippen LogP contribution in [-0.4, -0.2) is 29.3 Å². The summed E-state index contributed by atoms with van der Waals surface area (Å²) in [6, 6.07) is 21.5. The number of nitrogens with zero attached hydrogens (tertiary/aromatic N) is 1. The molecule has 184 valence electrons. The van der Waals surface area contributed by atoms with E-state index in [9.17, 15) is 9.59 Å². The Balaban J connectivity index is 1.95. The molecule has 1 atom stereocenters. The molecule has 0 bridgehead atoms. The Morgan fingerprint density at radius 2 is 1.60 bits per heavy atom. The van der Waals surface area contributed by atoms with E-state index in [1.165, 1.54) is 0 Å². The van der Waals surface area contributed by atoms with Crippen LogP contribution in [0.5, 0.6) is 0 Å². The molecule has 0 heterocycles. The fraction of sp³-hybridized carbons (Fsp3) is 0.286. The van der Waals surface area contributed by atoms with Crippen molar-refractivity contribution in [1.29, 1.82) is 0 Å². The van der Waals surface area contributed by atoms with Crippen LogP contribution in [-0.2, 0) is 29.0 Å². The SMILES string of the molecule is CCCCNC(=O)[C@@H](Cc1ccccc1)N(Cc1cccc(Cl)c1)C(=O)Cc1ccc(Cl)c(Cl)c1. The zero-order chi connectivity index (χ0) is 25.2. The first-order chi connectivity index (χ1) is 16.9. The molecule has 0 aliphatic rings. The molecule has 0 unspecified atom stereocenters. The Kier molecular flexibility index (Phi) is 10.5. The maximum atomic E-state index is 13.7. The van der Waals surface area contributed by atoms with Crippen molar-refractivity contribution in [2.24, 2.45) is 0 Å². The van der Waals surface area contributed by atoms with Crippen LogP contribution in [0.25, 0.3) is 0 Å². The van der Waals surface area contributed by atoms with Crippen LogP contribution < -0.4 is 5.32 Å². The quantitative estimate of drug-likeness (QED) is 0.278. The van der Waals surface area contributed by atoms with Gasteiger partial charge in [-0.3, -0.25) is 9.59 Å². The minimum absolute atomic E-state index is 0.0883. The van der Waals surface area contributed by atoms with Gasteiger partial charge in [0, 0.05) is 24.5 Å². The molecule has 0 saturated heterocycles. The van der Waals surface area contributed by atoms with Crippen LogP contribution in [0.3, 0.4) is 0 Å². The summed E-state index contributed by atoms with van der Waals surface area (Å²) in [6.07, 6.45) is 2.32. The lowest BCUT2D eigenvalue weighted by atomic mass is 10.0. The van der Waals surface area contributed by atoms with E-state index in [2.05, 4.69) is 12.2 Å². The lowest BCUT2D eigenvalue weighted by Gasteiger charge is -2.32. The van der Waals surface area contributed by atoms with Gasteiger partial charge in [0.2, 0.25) is 11.8 Å². The van der Waals surface area contributed by atoms with E-state index < -0.39 is 6.04 Å². The van der Waals surface area contributed by atoms with Crippen molar-refractivity contribution in [3.05, 3.63) is 105 Å². The summed E-state index contributed by atoms with van der Waals surface area (Å²) in [5.74, 6) is -0.359. The molecule has 0 aliphatic heterocycles. The van der Waals surface area contributed by atoms with Crippen LogP contribution in [0.1, 0.15) is 36.5 Å². The van der Waals surface area contributed by atoms with Gasteiger partial charge in [-0.2, -0.15) is 0 Å². The Morgan fingerprint density at radius 3 is 2.29 bits per heavy atom. The van der Waals surface area contributed by atoms with Gasteiger partial charge in [0.1, 0.15) is 6.04 Å². The molecule has 0 saturated carbocycles. The van der Waals surface area contributed by atoms with E-state index in [0.717, 1.165) is 29.5 Å². The van der Waals surface area contributed by atoms with Crippen molar-refractivity contribution in [3.63, 3.8) is 0 Å². The summed E-state index contributed by atoms with van der Waals surface area (Å²) in [5.41, 5.74) is 2.55. The first-order valence-corrected chi connectivity index (χ1v) is 12.8. The molecule has 1 N–H and O–H groups in total. The number of rotatable bonds is 11. The predicted molar refractivity (Wildman–Crippen MR) is 144 cm³/mol. The van der Waals surface area contributed by atoms with Crippen LogP contribution in [0.2, 0.25) is 15.1 Å². The third-order valence-electron chi connectivity index (χ3n) is 5.68. The largest absolute Gasteiger partial charge is 0.354 e. The lowest BCUT2D eigenvalue weighted by molar-refractivity contribution is -0.140. The van der Waals surface area contributed by atoms with E-state index in [-0.39, 0.29) is 24.8 Å². The number of nitrogens with one attached hydrogen (secondary N) is 1. The van der Waals surface area contributed by atoms with Gasteiger partial charge in [0.25, 0.3) is 0 Å². The summed E-state index contributed by atoms with van der Waals surface area (Å²) in [4.78, 5) is 28.7. The minimum Gasteiger partial charge on any atom is -0.354 e. The number of unbranched alkanes of at least 4 members (excludes halogenated alkanes) is 1. The first kappa shape index (κ1) is 27.1. The maximum Gasteiger partial charge on any atom is 0.243 e. The highest BCUT2D eigenvalue weighted by atomic mass is 35.5. The zero-order valence-electron chi connectivity index (χ0n) is 19.6. The molecule has 4 nitrogen and oxygen atoms in total. The summed E-state index contributed by atoms with van der Waals surface area (Å²) < 4.78 is 0. The molecule has 2 amide bonds. The van der Waals surface area contributed by atoms with Crippen LogP contribution in [0.4, 0.5) is 0 Å². The van der Waals surface area contributed by atoms with Crippen molar-refractivity contribution in [2.75, 3.05) is 6.54 Å². The molecule has 0 fully saturated rings. The summed E-state index contributed by atoms with van der Waals surface area (Å²) >= 11 is 18.4. The van der Waals surface area contributed by atoms with Gasteiger partial charge in [0.05, 0.1) is 16.5 Å². The topological polar surface area (TPSA) is 49.4 Å². The van der Waals surface area contributed by atoms with E-state index >= 15 is 0 Å². The van der Waals surface area contributed by atoms with Gasteiger partial charge in [-0.15, -0.1) is 0 Å². The van der Waals surface area contributed by atoms with Gasteiger partial charge in [-0.1, -0.05) is 96.7 Å². The molecule has 7 heteroatoms. The van der Waals surface area contributed by atoms with Gasteiger partial charge >= 0.3 is 0 Å². The van der Waals surface area contributed by atoms with E-state index in [4.69, 9.17) is 34.8 Å². The average molecular weight is 532 g/mol. The van der Waals surface area contributed by atoms with Crippen LogP contribution in [0, 0.1) is 0 Å². The number of benzene rings is 3. The molecule has 3 aromatic carbocycles. The monoisotopic (exact) mass is 530 g/mol. The molecule has 3 rings (SSSR count). The second-order valence-electron chi connectivity index (χ2n) is 8.43.